The molecule has 0 bridgehead atoms. The first-order valence-electron chi connectivity index (χ1n) is 16.2. The van der Waals surface area contributed by atoms with E-state index in [9.17, 15) is 24.0 Å². The molecule has 1 aliphatic heterocycles. The van der Waals surface area contributed by atoms with Crippen LogP contribution in [0.3, 0.4) is 0 Å². The molecule has 1 fully saturated rings. The van der Waals surface area contributed by atoms with Crippen LogP contribution >= 0.6 is 0 Å². The van der Waals surface area contributed by atoms with E-state index in [1.165, 1.54) is 14.0 Å². The summed E-state index contributed by atoms with van der Waals surface area (Å²) in [5.41, 5.74) is 4.96. The van der Waals surface area contributed by atoms with Gasteiger partial charge in [-0.05, 0) is 27.8 Å². The molecule has 0 spiro atoms. The van der Waals surface area contributed by atoms with Crippen molar-refractivity contribution >= 4 is 29.9 Å². The number of hydrogen-bond acceptors (Lipinski definition) is 11. The summed E-state index contributed by atoms with van der Waals surface area (Å²) in [5.74, 6) is -2.98. The van der Waals surface area contributed by atoms with E-state index >= 15 is 0 Å². The van der Waals surface area contributed by atoms with Gasteiger partial charge in [-0.3, -0.25) is 19.2 Å². The van der Waals surface area contributed by atoms with Gasteiger partial charge in [0, 0.05) is 40.2 Å². The normalized spacial score (nSPS) is 21.5. The predicted molar refractivity (Wildman–Crippen MR) is 177 cm³/mol. The van der Waals surface area contributed by atoms with Crippen molar-refractivity contribution in [2.45, 2.75) is 69.8 Å². The highest BCUT2D eigenvalue weighted by Crippen LogP contribution is 2.44. The van der Waals surface area contributed by atoms with Gasteiger partial charge in [0.05, 0.1) is 0 Å². The molecular formula is C37H40N2O11. The van der Waals surface area contributed by atoms with Gasteiger partial charge < -0.3 is 39.1 Å². The van der Waals surface area contributed by atoms with Gasteiger partial charge in [0.15, 0.2) is 18.5 Å². The third-order valence-corrected chi connectivity index (χ3v) is 8.48. The minimum Gasteiger partial charge on any atom is -0.463 e. The zero-order valence-corrected chi connectivity index (χ0v) is 28.2. The second-order valence-corrected chi connectivity index (χ2v) is 12.0. The van der Waals surface area contributed by atoms with Gasteiger partial charge in [-0.15, -0.1) is 0 Å². The molecule has 6 atom stereocenters. The van der Waals surface area contributed by atoms with Crippen molar-refractivity contribution in [1.82, 2.24) is 10.6 Å². The summed E-state index contributed by atoms with van der Waals surface area (Å²) >= 11 is 0. The van der Waals surface area contributed by atoms with Crippen molar-refractivity contribution in [1.29, 1.82) is 0 Å². The fourth-order valence-corrected chi connectivity index (χ4v) is 6.36. The van der Waals surface area contributed by atoms with E-state index in [0.717, 1.165) is 41.7 Å². The van der Waals surface area contributed by atoms with Crippen LogP contribution in [0.2, 0.25) is 0 Å². The first-order valence-corrected chi connectivity index (χ1v) is 16.2. The van der Waals surface area contributed by atoms with Gasteiger partial charge in [0.25, 0.3) is 0 Å². The molecule has 1 aliphatic carbocycles. The molecule has 50 heavy (non-hydrogen) atoms. The molecule has 1 saturated heterocycles. The third kappa shape index (κ3) is 8.65. The monoisotopic (exact) mass is 688 g/mol. The van der Waals surface area contributed by atoms with Gasteiger partial charge in [-0.25, -0.2) is 4.79 Å². The van der Waals surface area contributed by atoms with E-state index in [1.807, 2.05) is 54.6 Å². The van der Waals surface area contributed by atoms with Crippen molar-refractivity contribution < 1.29 is 52.4 Å². The Morgan fingerprint density at radius 1 is 0.720 bits per heavy atom. The third-order valence-electron chi connectivity index (χ3n) is 8.48. The molecular weight excluding hydrogens is 648 g/mol. The molecule has 13 heteroatoms. The van der Waals surface area contributed by atoms with Crippen molar-refractivity contribution in [3.05, 3.63) is 95.6 Å². The van der Waals surface area contributed by atoms with E-state index in [4.69, 9.17) is 28.4 Å². The molecule has 2 amide bonds. The van der Waals surface area contributed by atoms with Crippen molar-refractivity contribution in [2.75, 3.05) is 20.3 Å². The first kappa shape index (κ1) is 36.0. The maximum Gasteiger partial charge on any atom is 0.407 e. The number of hydrogen-bond donors (Lipinski definition) is 2. The molecule has 3 aromatic rings. The van der Waals surface area contributed by atoms with E-state index < -0.39 is 66.6 Å². The van der Waals surface area contributed by atoms with Gasteiger partial charge in [-0.2, -0.15) is 0 Å². The number of carbonyl (C=O) groups excluding carboxylic acids is 5. The second-order valence-electron chi connectivity index (χ2n) is 12.0. The Kier molecular flexibility index (Phi) is 11.8. The maximum atomic E-state index is 14.0. The zero-order valence-electron chi connectivity index (χ0n) is 28.2. The Labute approximate surface area is 289 Å². The zero-order chi connectivity index (χ0) is 35.8. The van der Waals surface area contributed by atoms with Crippen LogP contribution in [0.15, 0.2) is 78.9 Å². The summed E-state index contributed by atoms with van der Waals surface area (Å²) < 4.78 is 33.4. The van der Waals surface area contributed by atoms with Crippen LogP contribution in [-0.4, -0.2) is 86.9 Å². The van der Waals surface area contributed by atoms with Crippen molar-refractivity contribution in [3.63, 3.8) is 0 Å². The summed E-state index contributed by atoms with van der Waals surface area (Å²) in [6.45, 7) is 3.17. The summed E-state index contributed by atoms with van der Waals surface area (Å²) in [4.78, 5) is 63.4. The summed E-state index contributed by atoms with van der Waals surface area (Å²) in [5, 5.41) is 5.47. The van der Waals surface area contributed by atoms with Gasteiger partial charge in [0.1, 0.15) is 31.4 Å². The van der Waals surface area contributed by atoms with Crippen LogP contribution < -0.4 is 10.6 Å². The Morgan fingerprint density at radius 2 is 1.30 bits per heavy atom. The lowest BCUT2D eigenvalue weighted by Crippen LogP contribution is -2.68. The molecule has 2 aliphatic rings. The Hall–Kier alpha value is -5.27. The molecule has 1 heterocycles. The Balaban J connectivity index is 1.36. The molecule has 0 saturated carbocycles. The lowest BCUT2D eigenvalue weighted by molar-refractivity contribution is -0.271. The van der Waals surface area contributed by atoms with Crippen LogP contribution in [-0.2, 0) is 54.0 Å². The van der Waals surface area contributed by atoms with Crippen LogP contribution in [0, 0.1) is 0 Å². The van der Waals surface area contributed by atoms with Crippen LogP contribution in [0.1, 0.15) is 43.4 Å². The highest BCUT2D eigenvalue weighted by molar-refractivity contribution is 5.86. The predicted octanol–water partition coefficient (Wildman–Crippen LogP) is 3.42. The summed E-state index contributed by atoms with van der Waals surface area (Å²) in [6, 6.07) is 22.5. The number of esters is 3. The topological polar surface area (TPSA) is 165 Å². The van der Waals surface area contributed by atoms with Crippen molar-refractivity contribution in [3.8, 4) is 11.1 Å². The maximum absolute atomic E-state index is 14.0. The number of benzene rings is 3. The SMILES string of the molecule is CO[C@@H]1O[C@H](COC(C)=O)[C@@H](OC(C)=O)[C@H](OC(C)=O)[C@H]1NC(=O)[C@H](Cc1ccccc1)NC(=O)OCC1c2ccccc2-c2ccccc21. The molecule has 0 radical (unpaired) electrons. The number of nitrogens with one attached hydrogen (secondary N) is 2. The van der Waals surface area contributed by atoms with E-state index in [0.29, 0.717) is 0 Å². The first-order chi connectivity index (χ1) is 24.0. The van der Waals surface area contributed by atoms with E-state index in [2.05, 4.69) is 10.6 Å². The molecule has 2 N–H and O–H groups in total. The molecule has 3 aromatic carbocycles. The van der Waals surface area contributed by atoms with E-state index in [1.54, 1.807) is 24.3 Å². The summed E-state index contributed by atoms with van der Waals surface area (Å²) in [7, 11) is 1.31. The fourth-order valence-electron chi connectivity index (χ4n) is 6.36. The number of ether oxygens (including phenoxy) is 6. The molecule has 0 aromatic heterocycles. The number of amides is 2. The summed E-state index contributed by atoms with van der Waals surface area (Å²) in [6.07, 6.45) is -5.72. The fraction of sp³-hybridized carbons (Fsp3) is 0.378. The number of fused-ring (bicyclic) bond motifs is 3. The highest BCUT2D eigenvalue weighted by Gasteiger charge is 2.51. The number of alkyl carbamates (subject to hydrolysis) is 1. The lowest BCUT2D eigenvalue weighted by Gasteiger charge is -2.44. The molecule has 264 valence electrons. The minimum absolute atomic E-state index is 0.0318. The Morgan fingerprint density at radius 3 is 1.88 bits per heavy atom. The minimum atomic E-state index is -1.33. The molecule has 0 unspecified atom stereocenters. The number of rotatable bonds is 12. The van der Waals surface area contributed by atoms with Gasteiger partial charge in [-0.1, -0.05) is 78.9 Å². The van der Waals surface area contributed by atoms with E-state index in [-0.39, 0.29) is 25.6 Å². The lowest BCUT2D eigenvalue weighted by atomic mass is 9.95. The van der Waals surface area contributed by atoms with Crippen molar-refractivity contribution in [2.24, 2.45) is 0 Å². The number of methoxy groups -OCH3 is 1. The largest absolute Gasteiger partial charge is 0.463 e. The van der Waals surface area contributed by atoms with Gasteiger partial charge in [0.2, 0.25) is 5.91 Å². The smallest absolute Gasteiger partial charge is 0.407 e. The van der Waals surface area contributed by atoms with Crippen LogP contribution in [0.5, 0.6) is 0 Å². The average Bonchev–Trinajstić information content (AvgIpc) is 3.41. The quantitative estimate of drug-likeness (QED) is 0.212. The number of carbonyl (C=O) groups is 5. The molecule has 5 rings (SSSR count). The standard InChI is InChI=1S/C37H40N2O11/c1-21(40)46-20-31-33(48-22(2)41)34(49-23(3)42)32(36(45-4)50-31)39-35(43)30(18-24-12-6-5-7-13-24)38-37(44)47-19-29-27-16-10-8-14-25(27)26-15-9-11-17-28(26)29/h5-17,29-34,36H,18-20H2,1-4H3,(H,38,44)(H,39,43)/t30-,31+,32+,33+,34+,36+/m0/s1. The highest BCUT2D eigenvalue weighted by atomic mass is 16.7. The average molecular weight is 689 g/mol. The Bertz CT molecular complexity index is 1650. The van der Waals surface area contributed by atoms with Crippen LogP contribution in [0.25, 0.3) is 11.1 Å². The van der Waals surface area contributed by atoms with Gasteiger partial charge >= 0.3 is 24.0 Å². The molecule has 13 nitrogen and oxygen atoms in total. The van der Waals surface area contributed by atoms with Crippen LogP contribution in [0.4, 0.5) is 4.79 Å². The second kappa shape index (κ2) is 16.4.